The lowest BCUT2D eigenvalue weighted by Gasteiger charge is -2.33. The first-order chi connectivity index (χ1) is 7.09. The molecule has 84 valence electrons. The maximum absolute atomic E-state index is 5.82. The van der Waals surface area contributed by atoms with Gasteiger partial charge in [0.2, 0.25) is 5.89 Å². The summed E-state index contributed by atoms with van der Waals surface area (Å²) in [6.45, 7) is 5.83. The highest BCUT2D eigenvalue weighted by molar-refractivity contribution is 5.10. The van der Waals surface area contributed by atoms with E-state index in [2.05, 4.69) is 23.9 Å². The van der Waals surface area contributed by atoms with E-state index >= 15 is 0 Å². The summed E-state index contributed by atoms with van der Waals surface area (Å²) in [5, 5.41) is 0. The zero-order valence-corrected chi connectivity index (χ0v) is 9.66. The van der Waals surface area contributed by atoms with Gasteiger partial charge in [0, 0.05) is 0 Å². The summed E-state index contributed by atoms with van der Waals surface area (Å²) in [6, 6.07) is 0. The number of aromatic nitrogens is 1. The van der Waals surface area contributed by atoms with E-state index in [1.54, 1.807) is 6.20 Å². The van der Waals surface area contributed by atoms with Crippen LogP contribution >= 0.6 is 0 Å². The van der Waals surface area contributed by atoms with Crippen molar-refractivity contribution < 1.29 is 4.42 Å². The summed E-state index contributed by atoms with van der Waals surface area (Å²) in [6.07, 6.45) is 2.89. The minimum atomic E-state index is -0.136. The zero-order chi connectivity index (χ0) is 11.1. The lowest BCUT2D eigenvalue weighted by molar-refractivity contribution is 0.114. The highest BCUT2D eigenvalue weighted by atomic mass is 16.4. The van der Waals surface area contributed by atoms with Gasteiger partial charge in [-0.05, 0) is 46.3 Å². The smallest absolute Gasteiger partial charge is 0.214 e. The van der Waals surface area contributed by atoms with Gasteiger partial charge in [-0.25, -0.2) is 4.98 Å². The molecule has 4 heteroatoms. The van der Waals surface area contributed by atoms with Crippen LogP contribution in [-0.2, 0) is 5.54 Å². The Morgan fingerprint density at radius 2 is 2.47 bits per heavy atom. The summed E-state index contributed by atoms with van der Waals surface area (Å²) in [4.78, 5) is 6.64. The molecule has 1 aromatic heterocycles. The van der Waals surface area contributed by atoms with Crippen LogP contribution < -0.4 is 5.73 Å². The third-order valence-electron chi connectivity index (χ3n) is 3.74. The Morgan fingerprint density at radius 1 is 1.73 bits per heavy atom. The number of likely N-dealkylation sites (tertiary alicyclic amines) is 1. The predicted molar refractivity (Wildman–Crippen MR) is 58.4 cm³/mol. The minimum Gasteiger partial charge on any atom is -0.444 e. The number of nitrogens with two attached hydrogens (primary N) is 1. The SMILES string of the molecule is Cc1cnc(C2(C)C(CN)CCN2C)o1. The normalized spacial score (nSPS) is 32.4. The number of hydrogen-bond donors (Lipinski definition) is 1. The van der Waals surface area contributed by atoms with E-state index in [0.717, 1.165) is 24.6 Å². The van der Waals surface area contributed by atoms with Crippen LogP contribution in [0.1, 0.15) is 25.0 Å². The van der Waals surface area contributed by atoms with E-state index in [-0.39, 0.29) is 5.54 Å². The van der Waals surface area contributed by atoms with Gasteiger partial charge in [0.05, 0.1) is 11.7 Å². The molecule has 1 fully saturated rings. The highest BCUT2D eigenvalue weighted by Gasteiger charge is 2.47. The molecule has 2 unspecified atom stereocenters. The summed E-state index contributed by atoms with van der Waals surface area (Å²) >= 11 is 0. The highest BCUT2D eigenvalue weighted by Crippen LogP contribution is 2.41. The van der Waals surface area contributed by atoms with Gasteiger partial charge >= 0.3 is 0 Å². The van der Waals surface area contributed by atoms with Crippen molar-refractivity contribution in [2.45, 2.75) is 25.8 Å². The van der Waals surface area contributed by atoms with Crippen molar-refractivity contribution in [1.29, 1.82) is 0 Å². The van der Waals surface area contributed by atoms with Crippen molar-refractivity contribution in [3.05, 3.63) is 17.8 Å². The molecule has 0 saturated carbocycles. The van der Waals surface area contributed by atoms with Gasteiger partial charge < -0.3 is 10.2 Å². The fourth-order valence-corrected chi connectivity index (χ4v) is 2.45. The van der Waals surface area contributed by atoms with E-state index in [0.29, 0.717) is 12.5 Å². The average molecular weight is 209 g/mol. The van der Waals surface area contributed by atoms with Gasteiger partial charge in [-0.3, -0.25) is 4.90 Å². The van der Waals surface area contributed by atoms with Crippen LogP contribution in [0.4, 0.5) is 0 Å². The van der Waals surface area contributed by atoms with E-state index in [1.807, 2.05) is 6.92 Å². The fraction of sp³-hybridized carbons (Fsp3) is 0.727. The van der Waals surface area contributed by atoms with Crippen molar-refractivity contribution in [2.24, 2.45) is 11.7 Å². The second kappa shape index (κ2) is 3.61. The minimum absolute atomic E-state index is 0.136. The fourth-order valence-electron chi connectivity index (χ4n) is 2.45. The quantitative estimate of drug-likeness (QED) is 0.792. The van der Waals surface area contributed by atoms with Crippen LogP contribution in [0.25, 0.3) is 0 Å². The first-order valence-corrected chi connectivity index (χ1v) is 5.43. The summed E-state index contributed by atoms with van der Waals surface area (Å²) in [5.74, 6) is 2.10. The monoisotopic (exact) mass is 209 g/mol. The molecule has 0 spiro atoms. The summed E-state index contributed by atoms with van der Waals surface area (Å²) in [5.41, 5.74) is 5.68. The van der Waals surface area contributed by atoms with Crippen LogP contribution in [0.5, 0.6) is 0 Å². The van der Waals surface area contributed by atoms with Gasteiger partial charge in [0.15, 0.2) is 0 Å². The van der Waals surface area contributed by atoms with Crippen LogP contribution in [0.15, 0.2) is 10.6 Å². The third kappa shape index (κ3) is 1.48. The molecule has 2 atom stereocenters. The first-order valence-electron chi connectivity index (χ1n) is 5.43. The molecule has 0 aromatic carbocycles. The number of nitrogens with zero attached hydrogens (tertiary/aromatic N) is 2. The largest absolute Gasteiger partial charge is 0.444 e. The van der Waals surface area contributed by atoms with Crippen molar-refractivity contribution in [1.82, 2.24) is 9.88 Å². The Bertz CT molecular complexity index is 349. The molecule has 2 heterocycles. The average Bonchev–Trinajstić information content (AvgIpc) is 2.75. The Balaban J connectivity index is 2.38. The molecule has 1 aromatic rings. The van der Waals surface area contributed by atoms with E-state index in [9.17, 15) is 0 Å². The van der Waals surface area contributed by atoms with Gasteiger partial charge in [0.25, 0.3) is 0 Å². The molecule has 0 radical (unpaired) electrons. The van der Waals surface area contributed by atoms with Crippen molar-refractivity contribution in [3.63, 3.8) is 0 Å². The van der Waals surface area contributed by atoms with Crippen LogP contribution in [0, 0.1) is 12.8 Å². The number of aryl methyl sites for hydroxylation is 1. The first kappa shape index (κ1) is 10.6. The standard InChI is InChI=1S/C11H19N3O/c1-8-7-13-10(15-8)11(2)9(6-12)4-5-14(11)3/h7,9H,4-6,12H2,1-3H3. The Morgan fingerprint density at radius 3 is 3.00 bits per heavy atom. The summed E-state index contributed by atoms with van der Waals surface area (Å²) in [7, 11) is 2.11. The topological polar surface area (TPSA) is 55.3 Å². The lowest BCUT2D eigenvalue weighted by Crippen LogP contribution is -2.42. The second-order valence-electron chi connectivity index (χ2n) is 4.57. The van der Waals surface area contributed by atoms with Gasteiger partial charge in [-0.2, -0.15) is 0 Å². The molecule has 0 aliphatic carbocycles. The molecule has 2 rings (SSSR count). The van der Waals surface area contributed by atoms with Crippen LogP contribution in [0.3, 0.4) is 0 Å². The number of oxazole rings is 1. The van der Waals surface area contributed by atoms with Crippen LogP contribution in [0.2, 0.25) is 0 Å². The van der Waals surface area contributed by atoms with Gasteiger partial charge in [-0.1, -0.05) is 0 Å². The van der Waals surface area contributed by atoms with Gasteiger partial charge in [0.1, 0.15) is 5.76 Å². The lowest BCUT2D eigenvalue weighted by atomic mass is 9.86. The molecular formula is C11H19N3O. The maximum Gasteiger partial charge on any atom is 0.214 e. The maximum atomic E-state index is 5.82. The third-order valence-corrected chi connectivity index (χ3v) is 3.74. The van der Waals surface area contributed by atoms with Gasteiger partial charge in [-0.15, -0.1) is 0 Å². The molecule has 4 nitrogen and oxygen atoms in total. The molecule has 15 heavy (non-hydrogen) atoms. The molecule has 1 saturated heterocycles. The van der Waals surface area contributed by atoms with Crippen molar-refractivity contribution in [3.8, 4) is 0 Å². The van der Waals surface area contributed by atoms with E-state index < -0.39 is 0 Å². The summed E-state index contributed by atoms with van der Waals surface area (Å²) < 4.78 is 5.66. The number of hydrogen-bond acceptors (Lipinski definition) is 4. The van der Waals surface area contributed by atoms with Crippen molar-refractivity contribution in [2.75, 3.05) is 20.1 Å². The molecule has 0 bridgehead atoms. The Kier molecular flexibility index (Phi) is 2.56. The zero-order valence-electron chi connectivity index (χ0n) is 9.66. The predicted octanol–water partition coefficient (Wildman–Crippen LogP) is 1.11. The van der Waals surface area contributed by atoms with Crippen molar-refractivity contribution >= 4 is 0 Å². The molecular weight excluding hydrogens is 190 g/mol. The van der Waals surface area contributed by atoms with E-state index in [1.165, 1.54) is 0 Å². The van der Waals surface area contributed by atoms with E-state index in [4.69, 9.17) is 10.2 Å². The number of rotatable bonds is 2. The molecule has 0 amide bonds. The van der Waals surface area contributed by atoms with Crippen LogP contribution in [-0.4, -0.2) is 30.0 Å². The second-order valence-corrected chi connectivity index (χ2v) is 4.57. The molecule has 1 aliphatic heterocycles. The molecule has 2 N–H and O–H groups in total. The Labute approximate surface area is 90.5 Å². The molecule has 1 aliphatic rings. The Hall–Kier alpha value is -0.870.